The monoisotopic (exact) mass is 341 g/mol. The van der Waals surface area contributed by atoms with Crippen LogP contribution in [0.1, 0.15) is 10.4 Å². The van der Waals surface area contributed by atoms with E-state index in [4.69, 9.17) is 4.74 Å². The third-order valence-corrected chi connectivity index (χ3v) is 4.10. The lowest BCUT2D eigenvalue weighted by Crippen LogP contribution is -2.19. The van der Waals surface area contributed by atoms with Crippen molar-refractivity contribution in [3.05, 3.63) is 76.7 Å². The first-order chi connectivity index (χ1) is 11.7. The fourth-order valence-corrected chi connectivity index (χ4v) is 2.77. The second-order valence-electron chi connectivity index (χ2n) is 4.87. The van der Waals surface area contributed by atoms with E-state index >= 15 is 0 Å². The number of carbonyl (C=O) groups is 1. The summed E-state index contributed by atoms with van der Waals surface area (Å²) in [4.78, 5) is 27.7. The first-order valence-electron chi connectivity index (χ1n) is 7.35. The molecule has 0 bridgehead atoms. The number of amides is 1. The Balaban J connectivity index is 1.59. The molecule has 1 amide bonds. The van der Waals surface area contributed by atoms with Crippen molar-refractivity contribution in [2.24, 2.45) is 0 Å². The molecule has 1 N–H and O–H groups in total. The smallest absolute Gasteiger partial charge is 0.359 e. The Bertz CT molecular complexity index is 860. The summed E-state index contributed by atoms with van der Waals surface area (Å²) in [5, 5.41) is 2.91. The highest BCUT2D eigenvalue weighted by molar-refractivity contribution is 7.10. The molecule has 6 nitrogen and oxygen atoms in total. The molecule has 0 saturated carbocycles. The van der Waals surface area contributed by atoms with E-state index in [0.717, 1.165) is 17.3 Å². The average molecular weight is 341 g/mol. The number of ether oxygens (including phenoxy) is 1. The molecule has 1 heterocycles. The minimum Gasteiger partial charge on any atom is -0.492 e. The zero-order chi connectivity index (χ0) is 16.8. The third-order valence-electron chi connectivity index (χ3n) is 3.17. The van der Waals surface area contributed by atoms with E-state index in [1.54, 1.807) is 24.3 Å². The van der Waals surface area contributed by atoms with Crippen molar-refractivity contribution < 1.29 is 9.53 Å². The summed E-state index contributed by atoms with van der Waals surface area (Å²) < 4.78 is 7.00. The molecule has 0 aliphatic rings. The lowest BCUT2D eigenvalue weighted by Gasteiger charge is -2.05. The van der Waals surface area contributed by atoms with Crippen LogP contribution >= 0.6 is 11.5 Å². The van der Waals surface area contributed by atoms with Crippen molar-refractivity contribution in [3.8, 4) is 5.75 Å². The first kappa shape index (κ1) is 15.9. The Morgan fingerprint density at radius 1 is 1.08 bits per heavy atom. The zero-order valence-corrected chi connectivity index (χ0v) is 13.5. The van der Waals surface area contributed by atoms with Gasteiger partial charge in [-0.1, -0.05) is 36.4 Å². The minimum atomic E-state index is -0.403. The van der Waals surface area contributed by atoms with Crippen LogP contribution < -0.4 is 15.7 Å². The lowest BCUT2D eigenvalue weighted by atomic mass is 10.2. The van der Waals surface area contributed by atoms with Gasteiger partial charge < -0.3 is 4.74 Å². The van der Waals surface area contributed by atoms with Gasteiger partial charge in [-0.25, -0.2) is 8.75 Å². The maximum Gasteiger partial charge on any atom is 0.359 e. The largest absolute Gasteiger partial charge is 0.492 e. The summed E-state index contributed by atoms with van der Waals surface area (Å²) in [6.45, 7) is 0.713. The van der Waals surface area contributed by atoms with Crippen molar-refractivity contribution in [2.75, 3.05) is 11.9 Å². The van der Waals surface area contributed by atoms with Gasteiger partial charge in [0.25, 0.3) is 5.91 Å². The van der Waals surface area contributed by atoms with Gasteiger partial charge in [0.2, 0.25) is 5.13 Å². The Morgan fingerprint density at radius 3 is 2.46 bits per heavy atom. The fraction of sp³-hybridized carbons (Fsp3) is 0.118. The van der Waals surface area contributed by atoms with Crippen LogP contribution in [0.4, 0.5) is 5.13 Å². The summed E-state index contributed by atoms with van der Waals surface area (Å²) in [6.07, 6.45) is 0. The van der Waals surface area contributed by atoms with E-state index in [9.17, 15) is 9.59 Å². The molecule has 24 heavy (non-hydrogen) atoms. The predicted molar refractivity (Wildman–Crippen MR) is 92.7 cm³/mol. The van der Waals surface area contributed by atoms with Crippen LogP contribution in [-0.2, 0) is 6.54 Å². The second kappa shape index (κ2) is 7.56. The van der Waals surface area contributed by atoms with E-state index in [2.05, 4.69) is 10.3 Å². The van der Waals surface area contributed by atoms with Crippen LogP contribution in [-0.4, -0.2) is 21.5 Å². The van der Waals surface area contributed by atoms with Crippen LogP contribution in [0, 0.1) is 0 Å². The number of aromatic nitrogens is 2. The highest BCUT2D eigenvalue weighted by Gasteiger charge is 2.11. The summed E-state index contributed by atoms with van der Waals surface area (Å²) in [7, 11) is 0. The molecule has 0 aliphatic carbocycles. The molecule has 0 fully saturated rings. The van der Waals surface area contributed by atoms with Crippen molar-refractivity contribution in [3.63, 3.8) is 0 Å². The Hall–Kier alpha value is -2.93. The van der Waals surface area contributed by atoms with Gasteiger partial charge in [-0.3, -0.25) is 10.1 Å². The maximum atomic E-state index is 12.1. The van der Waals surface area contributed by atoms with E-state index in [1.165, 1.54) is 3.96 Å². The van der Waals surface area contributed by atoms with Gasteiger partial charge in [-0.2, -0.15) is 4.98 Å². The molecule has 0 spiro atoms. The predicted octanol–water partition coefficient (Wildman–Crippen LogP) is 2.64. The number of nitrogens with zero attached hydrogens (tertiary/aromatic N) is 2. The third kappa shape index (κ3) is 4.08. The van der Waals surface area contributed by atoms with Crippen LogP contribution in [0.3, 0.4) is 0 Å². The minimum absolute atomic E-state index is 0.272. The number of hydrogen-bond acceptors (Lipinski definition) is 5. The number of carbonyl (C=O) groups excluding carboxylic acids is 1. The van der Waals surface area contributed by atoms with Crippen LogP contribution in [0.5, 0.6) is 5.75 Å². The number of rotatable bonds is 6. The lowest BCUT2D eigenvalue weighted by molar-refractivity contribution is 0.102. The number of para-hydroxylation sites is 1. The van der Waals surface area contributed by atoms with Gasteiger partial charge in [0.1, 0.15) is 12.4 Å². The number of benzene rings is 2. The fourth-order valence-electron chi connectivity index (χ4n) is 2.02. The van der Waals surface area contributed by atoms with Crippen molar-refractivity contribution in [2.45, 2.75) is 6.54 Å². The highest BCUT2D eigenvalue weighted by atomic mass is 32.1. The number of nitrogens with one attached hydrogen (secondary N) is 1. The van der Waals surface area contributed by atoms with Gasteiger partial charge in [-0.05, 0) is 35.8 Å². The maximum absolute atomic E-state index is 12.1. The van der Waals surface area contributed by atoms with E-state index < -0.39 is 5.69 Å². The molecule has 0 radical (unpaired) electrons. The molecule has 1 aromatic heterocycles. The Labute approximate surface area is 142 Å². The molecule has 0 saturated heterocycles. The van der Waals surface area contributed by atoms with E-state index in [-0.39, 0.29) is 11.0 Å². The SMILES string of the molecule is O=C(Nc1nc(=O)n(CCOc2ccccc2)s1)c1ccccc1. The van der Waals surface area contributed by atoms with E-state index in [1.807, 2.05) is 36.4 Å². The normalized spacial score (nSPS) is 10.3. The topological polar surface area (TPSA) is 73.2 Å². The number of hydrogen-bond donors (Lipinski definition) is 1. The van der Waals surface area contributed by atoms with Crippen LogP contribution in [0.2, 0.25) is 0 Å². The molecule has 122 valence electrons. The summed E-state index contributed by atoms with van der Waals surface area (Å²) >= 11 is 1.10. The van der Waals surface area contributed by atoms with Gasteiger partial charge >= 0.3 is 5.69 Å². The zero-order valence-electron chi connectivity index (χ0n) is 12.7. The standard InChI is InChI=1S/C17H15N3O3S/c21-15(13-7-3-1-4-8-13)18-16-19-17(22)20(24-16)11-12-23-14-9-5-2-6-10-14/h1-10H,11-12H2,(H,18,19,21,22). The van der Waals surface area contributed by atoms with Gasteiger partial charge in [0, 0.05) is 5.56 Å². The summed E-state index contributed by atoms with van der Waals surface area (Å²) in [5.74, 6) is 0.449. The molecule has 2 aromatic carbocycles. The molecule has 3 aromatic rings. The van der Waals surface area contributed by atoms with Crippen molar-refractivity contribution in [1.29, 1.82) is 0 Å². The molecule has 0 unspecified atom stereocenters. The first-order valence-corrected chi connectivity index (χ1v) is 8.12. The molecular weight excluding hydrogens is 326 g/mol. The summed E-state index contributed by atoms with van der Waals surface area (Å²) in [5.41, 5.74) is 0.110. The Kier molecular flexibility index (Phi) is 5.02. The Morgan fingerprint density at radius 2 is 1.75 bits per heavy atom. The molecule has 3 rings (SSSR count). The van der Waals surface area contributed by atoms with Gasteiger partial charge in [-0.15, -0.1) is 0 Å². The van der Waals surface area contributed by atoms with Crippen molar-refractivity contribution in [1.82, 2.24) is 8.94 Å². The van der Waals surface area contributed by atoms with Crippen LogP contribution in [0.25, 0.3) is 0 Å². The average Bonchev–Trinajstić information content (AvgIpc) is 2.96. The van der Waals surface area contributed by atoms with Gasteiger partial charge in [0.05, 0.1) is 6.54 Å². The number of anilines is 1. The summed E-state index contributed by atoms with van der Waals surface area (Å²) in [6, 6.07) is 18.1. The van der Waals surface area contributed by atoms with Gasteiger partial charge in [0.15, 0.2) is 0 Å². The second-order valence-corrected chi connectivity index (χ2v) is 5.88. The molecule has 0 aliphatic heterocycles. The molecular formula is C17H15N3O3S. The molecule has 0 atom stereocenters. The van der Waals surface area contributed by atoms with E-state index in [0.29, 0.717) is 18.7 Å². The van der Waals surface area contributed by atoms with Crippen LogP contribution in [0.15, 0.2) is 65.5 Å². The highest BCUT2D eigenvalue weighted by Crippen LogP contribution is 2.12. The van der Waals surface area contributed by atoms with Crippen molar-refractivity contribution >= 4 is 22.6 Å². The quantitative estimate of drug-likeness (QED) is 0.748. The molecule has 7 heteroatoms.